The van der Waals surface area contributed by atoms with Crippen LogP contribution in [0.25, 0.3) is 0 Å². The molecule has 0 heteroatoms. The van der Waals surface area contributed by atoms with E-state index < -0.39 is 0 Å². The van der Waals surface area contributed by atoms with Crippen LogP contribution in [0.1, 0.15) is 46.0 Å². The molecule has 0 bridgehead atoms. The van der Waals surface area contributed by atoms with Crippen molar-refractivity contribution in [1.29, 1.82) is 0 Å². The van der Waals surface area contributed by atoms with Crippen molar-refractivity contribution in [3.05, 3.63) is 24.3 Å². The third kappa shape index (κ3) is 9.48. The van der Waals surface area contributed by atoms with Crippen LogP contribution in [0.2, 0.25) is 0 Å². The number of hydrogen-bond donors (Lipinski definition) is 0. The maximum Gasteiger partial charge on any atom is -0.0348 e. The van der Waals surface area contributed by atoms with Gasteiger partial charge in [0, 0.05) is 0 Å². The Morgan fingerprint density at radius 2 is 2.00 bits per heavy atom. The molecule has 0 saturated heterocycles. The van der Waals surface area contributed by atoms with Crippen LogP contribution in [0.3, 0.4) is 0 Å². The molecular weight excluding hydrogens is 132 g/mol. The molecule has 0 rings (SSSR count). The van der Waals surface area contributed by atoms with Gasteiger partial charge in [0.2, 0.25) is 0 Å². The van der Waals surface area contributed by atoms with Crippen LogP contribution in [0.15, 0.2) is 17.7 Å². The van der Waals surface area contributed by atoms with E-state index in [1.807, 2.05) is 13.0 Å². The van der Waals surface area contributed by atoms with Crippen LogP contribution in [-0.2, 0) is 0 Å². The Morgan fingerprint density at radius 1 is 1.27 bits per heavy atom. The summed E-state index contributed by atoms with van der Waals surface area (Å²) in [6.45, 7) is 9.61. The molecule has 0 unspecified atom stereocenters. The molecular formula is C11H19. The van der Waals surface area contributed by atoms with Crippen molar-refractivity contribution in [2.45, 2.75) is 46.0 Å². The molecule has 0 heterocycles. The molecule has 0 aromatic rings. The van der Waals surface area contributed by atoms with E-state index in [2.05, 4.69) is 13.0 Å². The second-order valence-corrected chi connectivity index (χ2v) is 3.00. The minimum atomic E-state index is 0.903. The maximum absolute atomic E-state index is 5.46. The first-order valence-electron chi connectivity index (χ1n) is 4.53. The van der Waals surface area contributed by atoms with Crippen molar-refractivity contribution in [2.75, 3.05) is 0 Å². The average molecular weight is 151 g/mol. The molecule has 0 fully saturated rings. The predicted octanol–water partition coefficient (Wildman–Crippen LogP) is 3.89. The Bertz CT molecular complexity index is 120. The summed E-state index contributed by atoms with van der Waals surface area (Å²) in [5.74, 6) is 0. The molecule has 0 amide bonds. The number of unbranched alkanes of at least 4 members (excludes halogenated alkanes) is 4. The molecule has 0 atom stereocenters. The minimum absolute atomic E-state index is 0.903. The van der Waals surface area contributed by atoms with Gasteiger partial charge in [0.1, 0.15) is 0 Å². The Kier molecular flexibility index (Phi) is 7.23. The van der Waals surface area contributed by atoms with Crippen molar-refractivity contribution >= 4 is 0 Å². The van der Waals surface area contributed by atoms with Crippen LogP contribution in [0.5, 0.6) is 0 Å². The highest BCUT2D eigenvalue weighted by Gasteiger charge is 1.83. The number of allylic oxidation sites excluding steroid dienone is 3. The van der Waals surface area contributed by atoms with Crippen molar-refractivity contribution in [3.63, 3.8) is 0 Å². The lowest BCUT2D eigenvalue weighted by atomic mass is 10.1. The molecule has 0 spiro atoms. The second kappa shape index (κ2) is 7.59. The van der Waals surface area contributed by atoms with Crippen molar-refractivity contribution < 1.29 is 0 Å². The van der Waals surface area contributed by atoms with E-state index in [0.717, 1.165) is 5.57 Å². The Morgan fingerprint density at radius 3 is 2.55 bits per heavy atom. The van der Waals surface area contributed by atoms with Crippen LogP contribution >= 0.6 is 0 Å². The standard InChI is InChI=1S/C11H19/c1-4-5-6-7-8-9-10-11(2)3/h2,9-10H,4-8H2,1,3H3. The van der Waals surface area contributed by atoms with E-state index in [0.29, 0.717) is 0 Å². The van der Waals surface area contributed by atoms with Gasteiger partial charge in [-0.3, -0.25) is 0 Å². The fraction of sp³-hybridized carbons (Fsp3) is 0.636. The SMILES string of the molecule is [CH]=C(C)C=CCCCCCC. The molecule has 1 radical (unpaired) electrons. The summed E-state index contributed by atoms with van der Waals surface area (Å²) >= 11 is 0. The minimum Gasteiger partial charge on any atom is -0.0843 e. The summed E-state index contributed by atoms with van der Waals surface area (Å²) in [6, 6.07) is 0. The first-order chi connectivity index (χ1) is 5.27. The molecule has 0 aliphatic rings. The quantitative estimate of drug-likeness (QED) is 0.399. The normalized spacial score (nSPS) is 10.7. The van der Waals surface area contributed by atoms with Crippen LogP contribution in [-0.4, -0.2) is 0 Å². The second-order valence-electron chi connectivity index (χ2n) is 3.00. The molecule has 63 valence electrons. The van der Waals surface area contributed by atoms with Crippen LogP contribution in [0.4, 0.5) is 0 Å². The molecule has 0 nitrogen and oxygen atoms in total. The summed E-state index contributed by atoms with van der Waals surface area (Å²) in [4.78, 5) is 0. The smallest absolute Gasteiger partial charge is 0.0348 e. The summed E-state index contributed by atoms with van der Waals surface area (Å²) in [6.07, 6.45) is 10.7. The molecule has 0 N–H and O–H groups in total. The molecule has 0 aromatic heterocycles. The monoisotopic (exact) mass is 151 g/mol. The molecule has 0 saturated carbocycles. The van der Waals surface area contributed by atoms with E-state index in [-0.39, 0.29) is 0 Å². The van der Waals surface area contributed by atoms with Crippen molar-refractivity contribution in [1.82, 2.24) is 0 Å². The Labute approximate surface area is 71.0 Å². The summed E-state index contributed by atoms with van der Waals surface area (Å²) in [5, 5.41) is 0. The zero-order chi connectivity index (χ0) is 8.53. The van der Waals surface area contributed by atoms with E-state index in [1.54, 1.807) is 0 Å². The first kappa shape index (κ1) is 10.5. The largest absolute Gasteiger partial charge is 0.0843 e. The average Bonchev–Trinajstić information content (AvgIpc) is 1.96. The number of rotatable bonds is 6. The van der Waals surface area contributed by atoms with E-state index in [4.69, 9.17) is 6.58 Å². The molecule has 0 aliphatic carbocycles. The van der Waals surface area contributed by atoms with Crippen LogP contribution < -0.4 is 0 Å². The lowest BCUT2D eigenvalue weighted by Crippen LogP contribution is -1.73. The van der Waals surface area contributed by atoms with Gasteiger partial charge in [-0.1, -0.05) is 50.5 Å². The highest BCUT2D eigenvalue weighted by molar-refractivity contribution is 5.08. The van der Waals surface area contributed by atoms with Gasteiger partial charge in [-0.15, -0.1) is 0 Å². The van der Waals surface area contributed by atoms with Crippen LogP contribution in [0, 0.1) is 6.58 Å². The molecule has 11 heavy (non-hydrogen) atoms. The molecule has 0 aromatic carbocycles. The highest BCUT2D eigenvalue weighted by atomic mass is 13.9. The van der Waals surface area contributed by atoms with Gasteiger partial charge in [0.15, 0.2) is 0 Å². The third-order valence-corrected chi connectivity index (χ3v) is 1.61. The highest BCUT2D eigenvalue weighted by Crippen LogP contribution is 2.03. The van der Waals surface area contributed by atoms with Gasteiger partial charge >= 0.3 is 0 Å². The summed E-state index contributed by atoms with van der Waals surface area (Å²) < 4.78 is 0. The zero-order valence-corrected chi connectivity index (χ0v) is 7.77. The van der Waals surface area contributed by atoms with Gasteiger partial charge in [-0.25, -0.2) is 0 Å². The number of hydrogen-bond acceptors (Lipinski definition) is 0. The van der Waals surface area contributed by atoms with Crippen molar-refractivity contribution in [2.24, 2.45) is 0 Å². The fourth-order valence-electron chi connectivity index (χ4n) is 0.958. The maximum atomic E-state index is 5.46. The predicted molar refractivity (Wildman–Crippen MR) is 51.4 cm³/mol. The van der Waals surface area contributed by atoms with E-state index in [1.165, 1.54) is 32.1 Å². The molecule has 0 aliphatic heterocycles. The van der Waals surface area contributed by atoms with Gasteiger partial charge in [-0.05, 0) is 19.8 Å². The topological polar surface area (TPSA) is 0 Å². The van der Waals surface area contributed by atoms with E-state index in [9.17, 15) is 0 Å². The van der Waals surface area contributed by atoms with E-state index >= 15 is 0 Å². The fourth-order valence-corrected chi connectivity index (χ4v) is 0.958. The lowest BCUT2D eigenvalue weighted by molar-refractivity contribution is 0.674. The Balaban J connectivity index is 3.07. The van der Waals surface area contributed by atoms with Gasteiger partial charge in [0.25, 0.3) is 0 Å². The van der Waals surface area contributed by atoms with Gasteiger partial charge in [-0.2, -0.15) is 0 Å². The lowest BCUT2D eigenvalue weighted by Gasteiger charge is -1.93. The Hall–Kier alpha value is -0.520. The summed E-state index contributed by atoms with van der Waals surface area (Å²) in [7, 11) is 0. The zero-order valence-electron chi connectivity index (χ0n) is 7.77. The third-order valence-electron chi connectivity index (χ3n) is 1.61. The summed E-state index contributed by atoms with van der Waals surface area (Å²) in [5.41, 5.74) is 0.903. The van der Waals surface area contributed by atoms with Gasteiger partial charge < -0.3 is 0 Å². The van der Waals surface area contributed by atoms with Gasteiger partial charge in [0.05, 0.1) is 0 Å². The first-order valence-corrected chi connectivity index (χ1v) is 4.53. The van der Waals surface area contributed by atoms with Crippen molar-refractivity contribution in [3.8, 4) is 0 Å².